The average Bonchev–Trinajstić information content (AvgIpc) is 2.51. The zero-order valence-corrected chi connectivity index (χ0v) is 14.2. The normalized spacial score (nSPS) is 11.5. The highest BCUT2D eigenvalue weighted by Crippen LogP contribution is 2.31. The highest BCUT2D eigenvalue weighted by atomic mass is 35.5. The number of nitrogens with one attached hydrogen (secondary N) is 2. The van der Waals surface area contributed by atoms with E-state index < -0.39 is 23.3 Å². The van der Waals surface area contributed by atoms with Crippen LogP contribution in [0.3, 0.4) is 0 Å². The van der Waals surface area contributed by atoms with Gasteiger partial charge >= 0.3 is 6.18 Å². The molecule has 0 aliphatic carbocycles. The van der Waals surface area contributed by atoms with Gasteiger partial charge < -0.3 is 10.6 Å². The first kappa shape index (κ1) is 19.0. The number of anilines is 2. The molecule has 1 amide bonds. The molecule has 2 rings (SSSR count). The standard InChI is InChI=1S/C16H16ClF3N4O/c1-9(2)7-21-14(25)12-8-22-15(24-13(12)16(18,19)20)23-11-5-3-4-10(17)6-11/h3-6,8-9H,7H2,1-2H3,(H,21,25)(H,22,23,24). The van der Waals surface area contributed by atoms with Crippen molar-refractivity contribution in [2.75, 3.05) is 11.9 Å². The van der Waals surface area contributed by atoms with Crippen LogP contribution in [-0.2, 0) is 6.18 Å². The number of aromatic nitrogens is 2. The van der Waals surface area contributed by atoms with Gasteiger partial charge in [0.2, 0.25) is 5.95 Å². The predicted octanol–water partition coefficient (Wildman–Crippen LogP) is 4.28. The summed E-state index contributed by atoms with van der Waals surface area (Å²) in [5.74, 6) is -1.05. The van der Waals surface area contributed by atoms with Crippen LogP contribution in [0.4, 0.5) is 24.8 Å². The van der Waals surface area contributed by atoms with Crippen molar-refractivity contribution in [3.8, 4) is 0 Å². The first-order valence-corrected chi connectivity index (χ1v) is 7.79. The summed E-state index contributed by atoms with van der Waals surface area (Å²) in [4.78, 5) is 19.3. The minimum atomic E-state index is -4.79. The molecule has 0 aliphatic rings. The largest absolute Gasteiger partial charge is 0.434 e. The topological polar surface area (TPSA) is 66.9 Å². The zero-order valence-electron chi connectivity index (χ0n) is 13.5. The number of alkyl halides is 3. The molecule has 0 atom stereocenters. The summed E-state index contributed by atoms with van der Waals surface area (Å²) in [5.41, 5.74) is -1.49. The summed E-state index contributed by atoms with van der Waals surface area (Å²) in [6, 6.07) is 6.37. The number of amides is 1. The second-order valence-electron chi connectivity index (χ2n) is 5.69. The van der Waals surface area contributed by atoms with Crippen LogP contribution in [0.5, 0.6) is 0 Å². The third-order valence-corrected chi connectivity index (χ3v) is 3.29. The van der Waals surface area contributed by atoms with E-state index in [0.717, 1.165) is 6.20 Å². The third-order valence-electron chi connectivity index (χ3n) is 3.05. The third kappa shape index (κ3) is 5.32. The minimum absolute atomic E-state index is 0.1000. The maximum Gasteiger partial charge on any atom is 0.434 e. The van der Waals surface area contributed by atoms with Gasteiger partial charge in [-0.3, -0.25) is 4.79 Å². The van der Waals surface area contributed by atoms with E-state index >= 15 is 0 Å². The van der Waals surface area contributed by atoms with Gasteiger partial charge in [0, 0.05) is 23.5 Å². The summed E-state index contributed by atoms with van der Waals surface area (Å²) < 4.78 is 39.8. The Labute approximate surface area is 147 Å². The molecule has 0 radical (unpaired) electrons. The van der Waals surface area contributed by atoms with E-state index in [9.17, 15) is 18.0 Å². The fourth-order valence-electron chi connectivity index (χ4n) is 1.91. The van der Waals surface area contributed by atoms with Crippen LogP contribution < -0.4 is 10.6 Å². The molecule has 5 nitrogen and oxygen atoms in total. The molecule has 1 aromatic heterocycles. The van der Waals surface area contributed by atoms with E-state index in [1.807, 2.05) is 13.8 Å². The van der Waals surface area contributed by atoms with Gasteiger partial charge in [0.05, 0.1) is 5.56 Å². The lowest BCUT2D eigenvalue weighted by atomic mass is 10.2. The number of hydrogen-bond donors (Lipinski definition) is 2. The molecule has 0 spiro atoms. The van der Waals surface area contributed by atoms with Crippen molar-refractivity contribution < 1.29 is 18.0 Å². The van der Waals surface area contributed by atoms with Crippen LogP contribution in [0, 0.1) is 5.92 Å². The number of halogens is 4. The molecular formula is C16H16ClF3N4O. The summed E-state index contributed by atoms with van der Waals surface area (Å²) in [5, 5.41) is 5.47. The lowest BCUT2D eigenvalue weighted by Gasteiger charge is -2.14. The molecule has 134 valence electrons. The number of rotatable bonds is 5. The van der Waals surface area contributed by atoms with E-state index in [1.54, 1.807) is 18.2 Å². The highest BCUT2D eigenvalue weighted by Gasteiger charge is 2.38. The van der Waals surface area contributed by atoms with E-state index in [0.29, 0.717) is 10.7 Å². The Kier molecular flexibility index (Phi) is 5.84. The Bertz CT molecular complexity index is 765. The second kappa shape index (κ2) is 7.69. The van der Waals surface area contributed by atoms with Crippen LogP contribution in [0.1, 0.15) is 29.9 Å². The van der Waals surface area contributed by atoms with Crippen molar-refractivity contribution in [2.24, 2.45) is 5.92 Å². The fourth-order valence-corrected chi connectivity index (χ4v) is 2.10. The predicted molar refractivity (Wildman–Crippen MR) is 88.9 cm³/mol. The van der Waals surface area contributed by atoms with Gasteiger partial charge in [-0.1, -0.05) is 31.5 Å². The van der Waals surface area contributed by atoms with Crippen LogP contribution >= 0.6 is 11.6 Å². The molecule has 2 N–H and O–H groups in total. The number of benzene rings is 1. The molecule has 0 unspecified atom stereocenters. The molecule has 0 fully saturated rings. The second-order valence-corrected chi connectivity index (χ2v) is 6.13. The zero-order chi connectivity index (χ0) is 18.6. The number of carbonyl (C=O) groups is 1. The van der Waals surface area contributed by atoms with Crippen molar-refractivity contribution in [2.45, 2.75) is 20.0 Å². The maximum atomic E-state index is 13.3. The van der Waals surface area contributed by atoms with Gasteiger partial charge in [-0.2, -0.15) is 13.2 Å². The van der Waals surface area contributed by atoms with Crippen LogP contribution in [0.25, 0.3) is 0 Å². The van der Waals surface area contributed by atoms with Gasteiger partial charge in [-0.15, -0.1) is 0 Å². The van der Waals surface area contributed by atoms with E-state index in [1.165, 1.54) is 6.07 Å². The van der Waals surface area contributed by atoms with Crippen molar-refractivity contribution in [3.63, 3.8) is 0 Å². The Morgan fingerprint density at radius 2 is 2.04 bits per heavy atom. The number of hydrogen-bond acceptors (Lipinski definition) is 4. The molecule has 0 saturated carbocycles. The maximum absolute atomic E-state index is 13.3. The lowest BCUT2D eigenvalue weighted by molar-refractivity contribution is -0.141. The van der Waals surface area contributed by atoms with E-state index in [2.05, 4.69) is 20.6 Å². The Morgan fingerprint density at radius 3 is 2.64 bits per heavy atom. The van der Waals surface area contributed by atoms with Crippen LogP contribution in [-0.4, -0.2) is 22.4 Å². The van der Waals surface area contributed by atoms with Crippen LogP contribution in [0.2, 0.25) is 5.02 Å². The summed E-state index contributed by atoms with van der Waals surface area (Å²) in [7, 11) is 0. The smallest absolute Gasteiger partial charge is 0.352 e. The molecule has 0 aliphatic heterocycles. The minimum Gasteiger partial charge on any atom is -0.352 e. The van der Waals surface area contributed by atoms with Gasteiger partial charge in [0.1, 0.15) is 0 Å². The summed E-state index contributed by atoms with van der Waals surface area (Å²) in [6.45, 7) is 3.91. The van der Waals surface area contributed by atoms with Gasteiger partial charge in [-0.25, -0.2) is 9.97 Å². The van der Waals surface area contributed by atoms with E-state index in [4.69, 9.17) is 11.6 Å². The van der Waals surface area contributed by atoms with Gasteiger partial charge in [0.25, 0.3) is 5.91 Å². The molecule has 1 heterocycles. The Hall–Kier alpha value is -2.35. The quantitative estimate of drug-likeness (QED) is 0.822. The Morgan fingerprint density at radius 1 is 1.32 bits per heavy atom. The number of nitrogens with zero attached hydrogens (tertiary/aromatic N) is 2. The number of carbonyl (C=O) groups excluding carboxylic acids is 1. The first-order valence-electron chi connectivity index (χ1n) is 7.42. The monoisotopic (exact) mass is 372 g/mol. The molecule has 25 heavy (non-hydrogen) atoms. The molecule has 1 aromatic carbocycles. The molecule has 0 saturated heterocycles. The molecule has 2 aromatic rings. The first-order chi connectivity index (χ1) is 11.7. The molecule has 9 heteroatoms. The summed E-state index contributed by atoms with van der Waals surface area (Å²) >= 11 is 5.83. The summed E-state index contributed by atoms with van der Waals surface area (Å²) in [6.07, 6.45) is -3.93. The average molecular weight is 373 g/mol. The highest BCUT2D eigenvalue weighted by molar-refractivity contribution is 6.30. The van der Waals surface area contributed by atoms with Crippen molar-refractivity contribution in [3.05, 3.63) is 46.7 Å². The van der Waals surface area contributed by atoms with Gasteiger partial charge in [-0.05, 0) is 24.1 Å². The molecular weight excluding hydrogens is 357 g/mol. The lowest BCUT2D eigenvalue weighted by Crippen LogP contribution is -2.30. The molecule has 0 bridgehead atoms. The van der Waals surface area contributed by atoms with Gasteiger partial charge in [0.15, 0.2) is 5.69 Å². The van der Waals surface area contributed by atoms with Crippen molar-refractivity contribution in [1.29, 1.82) is 0 Å². The van der Waals surface area contributed by atoms with E-state index in [-0.39, 0.29) is 18.4 Å². The van der Waals surface area contributed by atoms with Crippen molar-refractivity contribution in [1.82, 2.24) is 15.3 Å². The Balaban J connectivity index is 2.32. The van der Waals surface area contributed by atoms with Crippen molar-refractivity contribution >= 4 is 29.1 Å². The fraction of sp³-hybridized carbons (Fsp3) is 0.312. The van der Waals surface area contributed by atoms with Crippen LogP contribution in [0.15, 0.2) is 30.5 Å². The SMILES string of the molecule is CC(C)CNC(=O)c1cnc(Nc2cccc(Cl)c2)nc1C(F)(F)F.